The number of pyridine rings is 1. The zero-order valence-corrected chi connectivity index (χ0v) is 12.4. The summed E-state index contributed by atoms with van der Waals surface area (Å²) in [5, 5.41) is 3.53. The van der Waals surface area contributed by atoms with E-state index in [0.29, 0.717) is 6.61 Å². The molecule has 1 N–H and O–H groups in total. The minimum Gasteiger partial charge on any atom is -0.494 e. The van der Waals surface area contributed by atoms with Crippen molar-refractivity contribution in [3.63, 3.8) is 0 Å². The Hall–Kier alpha value is -1.87. The van der Waals surface area contributed by atoms with Gasteiger partial charge >= 0.3 is 0 Å². The van der Waals surface area contributed by atoms with Gasteiger partial charge in [-0.3, -0.25) is 4.98 Å². The number of aryl methyl sites for hydroxylation is 1. The number of hydrogen-bond donors (Lipinski definition) is 1. The smallest absolute Gasteiger partial charge is 0.124 e. The molecule has 20 heavy (non-hydrogen) atoms. The van der Waals surface area contributed by atoms with Gasteiger partial charge in [0.2, 0.25) is 0 Å². The van der Waals surface area contributed by atoms with Crippen molar-refractivity contribution < 1.29 is 4.74 Å². The molecule has 1 aromatic heterocycles. The number of benzene rings is 1. The molecule has 1 aromatic carbocycles. The van der Waals surface area contributed by atoms with Crippen molar-refractivity contribution in [1.82, 2.24) is 10.3 Å². The van der Waals surface area contributed by atoms with Crippen LogP contribution in [0.4, 0.5) is 0 Å². The molecule has 0 amide bonds. The van der Waals surface area contributed by atoms with Crippen LogP contribution < -0.4 is 10.1 Å². The first-order chi connectivity index (χ1) is 9.76. The van der Waals surface area contributed by atoms with E-state index in [9.17, 15) is 0 Å². The van der Waals surface area contributed by atoms with Gasteiger partial charge in [0, 0.05) is 17.5 Å². The molecule has 3 heteroatoms. The number of hydrogen-bond acceptors (Lipinski definition) is 3. The van der Waals surface area contributed by atoms with Gasteiger partial charge in [-0.05, 0) is 44.2 Å². The normalized spacial score (nSPS) is 12.2. The molecule has 0 fully saturated rings. The molecule has 0 aliphatic carbocycles. The predicted molar refractivity (Wildman–Crippen MR) is 82.1 cm³/mol. The Morgan fingerprint density at radius 3 is 2.70 bits per heavy atom. The van der Waals surface area contributed by atoms with E-state index >= 15 is 0 Å². The van der Waals surface area contributed by atoms with Crippen LogP contribution in [-0.2, 0) is 0 Å². The molecule has 0 aliphatic rings. The van der Waals surface area contributed by atoms with E-state index in [0.717, 1.165) is 18.0 Å². The summed E-state index contributed by atoms with van der Waals surface area (Å²) in [6.45, 7) is 7.71. The zero-order valence-electron chi connectivity index (χ0n) is 12.4. The van der Waals surface area contributed by atoms with Gasteiger partial charge in [0.1, 0.15) is 5.75 Å². The fourth-order valence-electron chi connectivity index (χ4n) is 2.36. The molecule has 0 saturated carbocycles. The Morgan fingerprint density at radius 1 is 1.20 bits per heavy atom. The van der Waals surface area contributed by atoms with Gasteiger partial charge in [-0.25, -0.2) is 0 Å². The second-order valence-electron chi connectivity index (χ2n) is 4.69. The van der Waals surface area contributed by atoms with Crippen molar-refractivity contribution in [1.29, 1.82) is 0 Å². The summed E-state index contributed by atoms with van der Waals surface area (Å²) < 4.78 is 5.76. The highest BCUT2D eigenvalue weighted by atomic mass is 16.5. The molecule has 0 bridgehead atoms. The number of ether oxygens (including phenoxy) is 1. The topological polar surface area (TPSA) is 34.2 Å². The second-order valence-corrected chi connectivity index (χ2v) is 4.69. The van der Waals surface area contributed by atoms with Crippen LogP contribution in [0.25, 0.3) is 0 Å². The Bertz CT molecular complexity index is 554. The van der Waals surface area contributed by atoms with Gasteiger partial charge in [-0.1, -0.05) is 25.1 Å². The van der Waals surface area contributed by atoms with Gasteiger partial charge in [0.05, 0.1) is 12.6 Å². The van der Waals surface area contributed by atoms with E-state index in [4.69, 9.17) is 4.74 Å². The monoisotopic (exact) mass is 270 g/mol. The molecule has 0 saturated heterocycles. The van der Waals surface area contributed by atoms with Gasteiger partial charge < -0.3 is 10.1 Å². The molecule has 1 unspecified atom stereocenters. The number of nitrogens with one attached hydrogen (secondary N) is 1. The van der Waals surface area contributed by atoms with E-state index in [1.807, 2.05) is 32.2 Å². The Labute approximate surface area is 121 Å². The summed E-state index contributed by atoms with van der Waals surface area (Å²) in [5.74, 6) is 0.940. The number of rotatable bonds is 6. The SMILES string of the molecule is CCNC(c1ccnc(C)c1)c1ccccc1OCC. The van der Waals surface area contributed by atoms with Gasteiger partial charge in [-0.15, -0.1) is 0 Å². The second kappa shape index (κ2) is 7.06. The summed E-state index contributed by atoms with van der Waals surface area (Å²) in [4.78, 5) is 4.28. The maximum atomic E-state index is 5.76. The molecule has 106 valence electrons. The van der Waals surface area contributed by atoms with Crippen LogP contribution in [0.5, 0.6) is 5.75 Å². The summed E-state index contributed by atoms with van der Waals surface area (Å²) in [7, 11) is 0. The molecule has 0 radical (unpaired) electrons. The van der Waals surface area contributed by atoms with Gasteiger partial charge in [0.15, 0.2) is 0 Å². The van der Waals surface area contributed by atoms with E-state index < -0.39 is 0 Å². The van der Waals surface area contributed by atoms with Crippen LogP contribution in [0, 0.1) is 6.92 Å². The molecule has 2 aromatic rings. The molecule has 1 atom stereocenters. The van der Waals surface area contributed by atoms with Crippen LogP contribution in [0.15, 0.2) is 42.6 Å². The fourth-order valence-corrected chi connectivity index (χ4v) is 2.36. The number of aromatic nitrogens is 1. The van der Waals surface area contributed by atoms with Crippen molar-refractivity contribution in [3.05, 3.63) is 59.4 Å². The highest BCUT2D eigenvalue weighted by molar-refractivity contribution is 5.41. The van der Waals surface area contributed by atoms with E-state index in [1.54, 1.807) is 0 Å². The predicted octanol–water partition coefficient (Wildman–Crippen LogP) is 3.49. The number of nitrogens with zero attached hydrogens (tertiary/aromatic N) is 1. The molecule has 0 aliphatic heterocycles. The van der Waals surface area contributed by atoms with Crippen molar-refractivity contribution in [2.45, 2.75) is 26.8 Å². The maximum Gasteiger partial charge on any atom is 0.124 e. The average molecular weight is 270 g/mol. The third kappa shape index (κ3) is 3.36. The van der Waals surface area contributed by atoms with Gasteiger partial charge in [0.25, 0.3) is 0 Å². The Balaban J connectivity index is 2.43. The highest BCUT2D eigenvalue weighted by Crippen LogP contribution is 2.30. The summed E-state index contributed by atoms with van der Waals surface area (Å²) >= 11 is 0. The lowest BCUT2D eigenvalue weighted by atomic mass is 9.98. The lowest BCUT2D eigenvalue weighted by molar-refractivity contribution is 0.333. The molecule has 2 rings (SSSR count). The third-order valence-electron chi connectivity index (χ3n) is 3.19. The van der Waals surface area contributed by atoms with Crippen LogP contribution in [0.3, 0.4) is 0 Å². The standard InChI is InChI=1S/C17H22N2O/c1-4-18-17(14-10-11-19-13(3)12-14)15-8-6-7-9-16(15)20-5-2/h6-12,17-18H,4-5H2,1-3H3. The first-order valence-corrected chi connectivity index (χ1v) is 7.14. The van der Waals surface area contributed by atoms with Crippen LogP contribution in [0.2, 0.25) is 0 Å². The summed E-state index contributed by atoms with van der Waals surface area (Å²) in [6, 6.07) is 12.5. The first kappa shape index (κ1) is 14.5. The Morgan fingerprint density at radius 2 is 2.00 bits per heavy atom. The fraction of sp³-hybridized carbons (Fsp3) is 0.353. The Kier molecular flexibility index (Phi) is 5.13. The maximum absolute atomic E-state index is 5.76. The summed E-state index contributed by atoms with van der Waals surface area (Å²) in [5.41, 5.74) is 3.41. The molecule has 3 nitrogen and oxygen atoms in total. The van der Waals surface area contributed by atoms with Crippen molar-refractivity contribution in [2.24, 2.45) is 0 Å². The van der Waals surface area contributed by atoms with Gasteiger partial charge in [-0.2, -0.15) is 0 Å². The van der Waals surface area contributed by atoms with Crippen molar-refractivity contribution in [2.75, 3.05) is 13.2 Å². The molecule has 0 spiro atoms. The molecule has 1 heterocycles. The quantitative estimate of drug-likeness (QED) is 0.872. The highest BCUT2D eigenvalue weighted by Gasteiger charge is 2.17. The average Bonchev–Trinajstić information content (AvgIpc) is 2.46. The zero-order chi connectivity index (χ0) is 14.4. The van der Waals surface area contributed by atoms with E-state index in [-0.39, 0.29) is 6.04 Å². The summed E-state index contributed by atoms with van der Waals surface area (Å²) in [6.07, 6.45) is 1.86. The lowest BCUT2D eigenvalue weighted by Crippen LogP contribution is -2.22. The van der Waals surface area contributed by atoms with Crippen LogP contribution in [0.1, 0.15) is 36.7 Å². The largest absolute Gasteiger partial charge is 0.494 e. The number of para-hydroxylation sites is 1. The van der Waals surface area contributed by atoms with Crippen LogP contribution in [-0.4, -0.2) is 18.1 Å². The van der Waals surface area contributed by atoms with Crippen LogP contribution >= 0.6 is 0 Å². The lowest BCUT2D eigenvalue weighted by Gasteiger charge is -2.22. The minimum absolute atomic E-state index is 0.129. The minimum atomic E-state index is 0.129. The van der Waals surface area contributed by atoms with Crippen molar-refractivity contribution >= 4 is 0 Å². The van der Waals surface area contributed by atoms with Crippen molar-refractivity contribution in [3.8, 4) is 5.75 Å². The van der Waals surface area contributed by atoms with E-state index in [1.165, 1.54) is 11.1 Å². The molecular formula is C17H22N2O. The first-order valence-electron chi connectivity index (χ1n) is 7.14. The molecular weight excluding hydrogens is 248 g/mol. The third-order valence-corrected chi connectivity index (χ3v) is 3.19. The van der Waals surface area contributed by atoms with E-state index in [2.05, 4.69) is 41.5 Å².